The Morgan fingerprint density at radius 1 is 1.45 bits per heavy atom. The molecule has 0 aromatic rings. The minimum atomic E-state index is -3.60. The second-order valence-corrected chi connectivity index (χ2v) is 5.59. The van der Waals surface area contributed by atoms with Crippen LogP contribution in [-0.2, 0) is 14.3 Å². The summed E-state index contributed by atoms with van der Waals surface area (Å²) in [6, 6.07) is -1.10. The first-order chi connectivity index (χ1) is 10.1. The predicted octanol–water partition coefficient (Wildman–Crippen LogP) is -0.252. The number of hydrogen-bond donors (Lipinski definition) is 4. The van der Waals surface area contributed by atoms with E-state index in [4.69, 9.17) is 10.2 Å². The Balaban J connectivity index is 2.99. The number of hydrogen-bond acceptors (Lipinski definition) is 5. The van der Waals surface area contributed by atoms with Crippen molar-refractivity contribution >= 4 is 11.9 Å². The van der Waals surface area contributed by atoms with Gasteiger partial charge >= 0.3 is 11.8 Å². The lowest BCUT2D eigenvalue weighted by Crippen LogP contribution is -2.63. The van der Waals surface area contributed by atoms with Crippen LogP contribution in [0.5, 0.6) is 0 Å². The first-order valence-corrected chi connectivity index (χ1v) is 6.97. The van der Waals surface area contributed by atoms with Crippen LogP contribution in [0.4, 0.5) is 8.78 Å². The third kappa shape index (κ3) is 3.90. The highest BCUT2D eigenvalue weighted by molar-refractivity contribution is 5.79. The maximum absolute atomic E-state index is 14.1. The van der Waals surface area contributed by atoms with Crippen molar-refractivity contribution in [1.29, 1.82) is 0 Å². The maximum Gasteiger partial charge on any atom is 0.372 e. The van der Waals surface area contributed by atoms with Gasteiger partial charge in [-0.25, -0.2) is 9.18 Å². The molecule has 0 saturated carbocycles. The van der Waals surface area contributed by atoms with Crippen LogP contribution < -0.4 is 5.32 Å². The molecule has 9 heteroatoms. The van der Waals surface area contributed by atoms with Gasteiger partial charge in [0.05, 0.1) is 12.1 Å². The fraction of sp³-hybridized carbons (Fsp3) is 0.846. The van der Waals surface area contributed by atoms with Gasteiger partial charge in [0.2, 0.25) is 5.91 Å². The van der Waals surface area contributed by atoms with Crippen molar-refractivity contribution in [3.05, 3.63) is 0 Å². The van der Waals surface area contributed by atoms with E-state index in [-0.39, 0.29) is 6.42 Å². The van der Waals surface area contributed by atoms with E-state index in [1.807, 2.05) is 0 Å². The van der Waals surface area contributed by atoms with Crippen molar-refractivity contribution in [3.63, 3.8) is 0 Å². The lowest BCUT2D eigenvalue weighted by atomic mass is 9.91. The van der Waals surface area contributed by atoms with Gasteiger partial charge in [0.15, 0.2) is 6.17 Å². The number of nitrogens with one attached hydrogen (secondary N) is 1. The third-order valence-electron chi connectivity index (χ3n) is 3.52. The minimum absolute atomic E-state index is 0.231. The molecule has 5 unspecified atom stereocenters. The van der Waals surface area contributed by atoms with Gasteiger partial charge in [0.1, 0.15) is 6.10 Å². The Labute approximate surface area is 126 Å². The van der Waals surface area contributed by atoms with E-state index in [1.54, 1.807) is 13.8 Å². The number of rotatable bonds is 6. The molecule has 0 spiro atoms. The monoisotopic (exact) mass is 325 g/mol. The van der Waals surface area contributed by atoms with E-state index in [2.05, 4.69) is 10.1 Å². The Bertz CT molecular complexity index is 421. The van der Waals surface area contributed by atoms with E-state index in [1.165, 1.54) is 0 Å². The van der Waals surface area contributed by atoms with Crippen LogP contribution in [-0.4, -0.2) is 64.1 Å². The van der Waals surface area contributed by atoms with Gasteiger partial charge in [-0.3, -0.25) is 4.79 Å². The summed E-state index contributed by atoms with van der Waals surface area (Å²) in [6.45, 7) is 2.71. The summed E-state index contributed by atoms with van der Waals surface area (Å²) in [5.41, 5.74) is 0. The van der Waals surface area contributed by atoms with E-state index >= 15 is 0 Å². The molecule has 4 N–H and O–H groups in total. The largest absolute Gasteiger partial charge is 0.477 e. The molecule has 1 saturated heterocycles. The van der Waals surface area contributed by atoms with Gasteiger partial charge in [-0.05, 0) is 6.42 Å². The average Bonchev–Trinajstić information content (AvgIpc) is 2.42. The lowest BCUT2D eigenvalue weighted by Gasteiger charge is -2.42. The number of ether oxygens (including phenoxy) is 1. The van der Waals surface area contributed by atoms with Gasteiger partial charge in [-0.15, -0.1) is 0 Å². The van der Waals surface area contributed by atoms with Crippen molar-refractivity contribution in [1.82, 2.24) is 5.32 Å². The Kier molecular flexibility index (Phi) is 6.21. The second kappa shape index (κ2) is 7.30. The molecule has 1 aliphatic heterocycles. The topological polar surface area (TPSA) is 116 Å². The van der Waals surface area contributed by atoms with E-state index < -0.39 is 61.1 Å². The standard InChI is InChI=1S/C13H21F2NO6/c1-6(2)11(19)16-7-5-9(14)13(15,12(20)21)22-10(7)8(18)3-4-17/h6-10,17-18H,3-5H2,1-2H3,(H,16,19)(H,20,21). The predicted molar refractivity (Wildman–Crippen MR) is 70.3 cm³/mol. The van der Waals surface area contributed by atoms with Crippen LogP contribution >= 0.6 is 0 Å². The van der Waals surface area contributed by atoms with Crippen LogP contribution in [0.2, 0.25) is 0 Å². The zero-order chi connectivity index (χ0) is 17.1. The summed E-state index contributed by atoms with van der Waals surface area (Å²) in [7, 11) is 0. The fourth-order valence-electron chi connectivity index (χ4n) is 2.18. The molecule has 1 rings (SSSR count). The number of carbonyl (C=O) groups is 2. The zero-order valence-electron chi connectivity index (χ0n) is 12.3. The van der Waals surface area contributed by atoms with Gasteiger partial charge in [-0.2, -0.15) is 4.39 Å². The highest BCUT2D eigenvalue weighted by Gasteiger charge is 2.57. The smallest absolute Gasteiger partial charge is 0.372 e. The SMILES string of the molecule is CC(C)C(=O)NC1CC(F)C(F)(C(=O)O)OC1C(O)CCO. The summed E-state index contributed by atoms with van der Waals surface area (Å²) < 4.78 is 32.6. The van der Waals surface area contributed by atoms with Crippen molar-refractivity contribution in [2.24, 2.45) is 5.92 Å². The third-order valence-corrected chi connectivity index (χ3v) is 3.52. The van der Waals surface area contributed by atoms with E-state index in [9.17, 15) is 23.5 Å². The van der Waals surface area contributed by atoms with Crippen molar-refractivity contribution in [2.75, 3.05) is 6.61 Å². The molecule has 5 atom stereocenters. The van der Waals surface area contributed by atoms with Gasteiger partial charge < -0.3 is 25.4 Å². The Morgan fingerprint density at radius 2 is 2.05 bits per heavy atom. The molecule has 7 nitrogen and oxygen atoms in total. The second-order valence-electron chi connectivity index (χ2n) is 5.59. The van der Waals surface area contributed by atoms with Crippen LogP contribution in [0.15, 0.2) is 0 Å². The number of aliphatic hydroxyl groups is 2. The van der Waals surface area contributed by atoms with Crippen molar-refractivity contribution in [2.45, 2.75) is 57.0 Å². The number of aliphatic carboxylic acids is 1. The molecule has 0 aliphatic carbocycles. The van der Waals surface area contributed by atoms with Crippen LogP contribution in [0.1, 0.15) is 26.7 Å². The number of amides is 1. The Morgan fingerprint density at radius 3 is 2.50 bits per heavy atom. The van der Waals surface area contributed by atoms with Crippen molar-refractivity contribution in [3.8, 4) is 0 Å². The van der Waals surface area contributed by atoms with E-state index in [0.717, 1.165) is 0 Å². The summed E-state index contributed by atoms with van der Waals surface area (Å²) in [4.78, 5) is 22.6. The van der Waals surface area contributed by atoms with Crippen LogP contribution in [0, 0.1) is 5.92 Å². The maximum atomic E-state index is 14.1. The number of carboxylic acid groups (broad SMARTS) is 1. The molecular formula is C13H21F2NO6. The quantitative estimate of drug-likeness (QED) is 0.535. The molecule has 1 fully saturated rings. The molecule has 1 amide bonds. The minimum Gasteiger partial charge on any atom is -0.477 e. The molecule has 0 aromatic carbocycles. The Hall–Kier alpha value is -1.32. The number of halogens is 2. The lowest BCUT2D eigenvalue weighted by molar-refractivity contribution is -0.266. The number of carboxylic acids is 1. The molecule has 1 aliphatic rings. The average molecular weight is 325 g/mol. The molecule has 0 bridgehead atoms. The summed E-state index contributed by atoms with van der Waals surface area (Å²) in [6.07, 6.45) is -6.33. The molecule has 0 radical (unpaired) electrons. The molecule has 128 valence electrons. The van der Waals surface area contributed by atoms with Gasteiger partial charge in [-0.1, -0.05) is 13.8 Å². The number of aliphatic hydroxyl groups excluding tert-OH is 2. The number of carbonyl (C=O) groups excluding carboxylic acids is 1. The highest BCUT2D eigenvalue weighted by atomic mass is 19.2. The normalized spacial score (nSPS) is 33.5. The molecule has 22 heavy (non-hydrogen) atoms. The van der Waals surface area contributed by atoms with Gasteiger partial charge in [0, 0.05) is 18.9 Å². The highest BCUT2D eigenvalue weighted by Crippen LogP contribution is 2.35. The summed E-state index contributed by atoms with van der Waals surface area (Å²) in [5.74, 6) is -6.65. The summed E-state index contributed by atoms with van der Waals surface area (Å²) in [5, 5.41) is 29.9. The molecule has 0 aromatic heterocycles. The summed E-state index contributed by atoms with van der Waals surface area (Å²) >= 11 is 0. The van der Waals surface area contributed by atoms with Crippen LogP contribution in [0.3, 0.4) is 0 Å². The zero-order valence-corrected chi connectivity index (χ0v) is 12.3. The van der Waals surface area contributed by atoms with E-state index in [0.29, 0.717) is 0 Å². The molecular weight excluding hydrogens is 304 g/mol. The van der Waals surface area contributed by atoms with Crippen LogP contribution in [0.25, 0.3) is 0 Å². The van der Waals surface area contributed by atoms with Crippen molar-refractivity contribution < 1.29 is 38.4 Å². The first-order valence-electron chi connectivity index (χ1n) is 6.97. The fourth-order valence-corrected chi connectivity index (χ4v) is 2.18. The first kappa shape index (κ1) is 18.7. The van der Waals surface area contributed by atoms with Gasteiger partial charge in [0.25, 0.3) is 0 Å². The number of alkyl halides is 2. The molecule has 1 heterocycles.